The van der Waals surface area contributed by atoms with Crippen LogP contribution >= 0.6 is 0 Å². The van der Waals surface area contributed by atoms with Crippen LogP contribution in [0.4, 0.5) is 0 Å². The fourth-order valence-electron chi connectivity index (χ4n) is 0.872. The van der Waals surface area contributed by atoms with Gasteiger partial charge < -0.3 is 14.2 Å². The van der Waals surface area contributed by atoms with Crippen molar-refractivity contribution in [2.24, 2.45) is 0 Å². The van der Waals surface area contributed by atoms with Gasteiger partial charge in [0, 0.05) is 0 Å². The molecule has 0 aliphatic carbocycles. The second kappa shape index (κ2) is 4.03. The summed E-state index contributed by atoms with van der Waals surface area (Å²) in [6.07, 6.45) is 1.61. The van der Waals surface area contributed by atoms with Gasteiger partial charge in [-0.1, -0.05) is 0 Å². The zero-order valence-electron chi connectivity index (χ0n) is 10.00. The Bertz CT molecular complexity index is 323. The molecule has 0 spiro atoms. The van der Waals surface area contributed by atoms with Crippen LogP contribution in [-0.2, 0) is 4.65 Å². The third kappa shape index (κ3) is 2.86. The van der Waals surface area contributed by atoms with E-state index < -0.39 is 11.2 Å². The molecule has 0 unspecified atom stereocenters. The van der Waals surface area contributed by atoms with E-state index in [-0.39, 0.29) is 0 Å². The molecule has 0 amide bonds. The Hall–Kier alpha value is -0.735. The Morgan fingerprint density at radius 2 is 1.93 bits per heavy atom. The van der Waals surface area contributed by atoms with Crippen molar-refractivity contribution in [3.8, 4) is 0 Å². The van der Waals surface area contributed by atoms with E-state index in [0.717, 1.165) is 11.2 Å². The van der Waals surface area contributed by atoms with Crippen LogP contribution in [0, 0.1) is 6.92 Å². The van der Waals surface area contributed by atoms with Crippen LogP contribution in [0.15, 0.2) is 16.7 Å². The molecular weight excluding hydrogens is 191 g/mol. The van der Waals surface area contributed by atoms with Crippen LogP contribution in [0.2, 0.25) is 0 Å². The summed E-state index contributed by atoms with van der Waals surface area (Å²) in [7, 11) is 1.62. The second-order valence-electron chi connectivity index (χ2n) is 4.74. The second-order valence-corrected chi connectivity index (χ2v) is 4.74. The minimum atomic E-state index is -0.902. The summed E-state index contributed by atoms with van der Waals surface area (Å²) in [5.74, 6) is 0.807. The summed E-state index contributed by atoms with van der Waals surface area (Å²) in [4.78, 5) is 0. The van der Waals surface area contributed by atoms with Crippen LogP contribution in [0.1, 0.15) is 33.5 Å². The largest absolute Gasteiger partial charge is 0.470 e. The minimum absolute atomic E-state index is 0.642. The Morgan fingerprint density at radius 3 is 2.33 bits per heavy atom. The van der Waals surface area contributed by atoms with Crippen LogP contribution in [0.5, 0.6) is 0 Å². The molecule has 1 rings (SSSR count). The lowest BCUT2D eigenvalue weighted by atomic mass is 9.83. The average molecular weight is 209 g/mol. The van der Waals surface area contributed by atoms with Gasteiger partial charge in [-0.15, -0.1) is 0 Å². The van der Waals surface area contributed by atoms with E-state index in [1.165, 1.54) is 0 Å². The number of hydrogen-bond donors (Lipinski definition) is 1. The van der Waals surface area contributed by atoms with Gasteiger partial charge in [-0.25, -0.2) is 0 Å². The predicted molar refractivity (Wildman–Crippen MR) is 60.3 cm³/mol. The third-order valence-electron chi connectivity index (χ3n) is 2.85. The van der Waals surface area contributed by atoms with Crippen molar-refractivity contribution < 1.29 is 14.2 Å². The van der Waals surface area contributed by atoms with Gasteiger partial charge in [0.25, 0.3) is 0 Å². The summed E-state index contributed by atoms with van der Waals surface area (Å²) in [5, 5.41) is 9.87. The van der Waals surface area contributed by atoms with E-state index in [0.29, 0.717) is 0 Å². The summed E-state index contributed by atoms with van der Waals surface area (Å²) in [6, 6.07) is 1.83. The monoisotopic (exact) mass is 209 g/mol. The topological polar surface area (TPSA) is 42.6 Å². The fourth-order valence-corrected chi connectivity index (χ4v) is 0.872. The minimum Gasteiger partial charge on any atom is -0.470 e. The Kier molecular flexibility index (Phi) is 3.31. The molecule has 1 aromatic heterocycles. The predicted octanol–water partition coefficient (Wildman–Crippen LogP) is 1.40. The highest BCUT2D eigenvalue weighted by molar-refractivity contribution is 6.47. The normalized spacial score (nSPS) is 12.9. The molecular formula is C11H18BO3. The summed E-state index contributed by atoms with van der Waals surface area (Å²) in [5.41, 5.74) is -0.648. The SMILES string of the molecule is Cc1occc1[B]OC(C)(C)C(C)(C)O. The first-order valence-electron chi connectivity index (χ1n) is 5.01. The van der Waals surface area contributed by atoms with Crippen molar-refractivity contribution in [1.82, 2.24) is 0 Å². The van der Waals surface area contributed by atoms with Crippen LogP contribution in [-0.4, -0.2) is 23.8 Å². The first kappa shape index (κ1) is 12.3. The van der Waals surface area contributed by atoms with Gasteiger partial charge in [0.15, 0.2) is 0 Å². The van der Waals surface area contributed by atoms with Crippen molar-refractivity contribution in [2.45, 2.75) is 45.8 Å². The van der Waals surface area contributed by atoms with Gasteiger partial charge in [0.1, 0.15) is 0 Å². The summed E-state index contributed by atoms with van der Waals surface area (Å²) >= 11 is 0. The van der Waals surface area contributed by atoms with Crippen molar-refractivity contribution in [3.63, 3.8) is 0 Å². The summed E-state index contributed by atoms with van der Waals surface area (Å²) in [6.45, 7) is 9.01. The zero-order valence-corrected chi connectivity index (χ0v) is 10.00. The Morgan fingerprint density at radius 1 is 1.33 bits per heavy atom. The van der Waals surface area contributed by atoms with E-state index in [1.54, 1.807) is 27.6 Å². The fraction of sp³-hybridized carbons (Fsp3) is 0.636. The van der Waals surface area contributed by atoms with Gasteiger partial charge in [-0.3, -0.25) is 0 Å². The molecule has 1 aromatic rings. The maximum atomic E-state index is 9.87. The van der Waals surface area contributed by atoms with Crippen LogP contribution < -0.4 is 5.46 Å². The molecule has 15 heavy (non-hydrogen) atoms. The van der Waals surface area contributed by atoms with Crippen molar-refractivity contribution >= 4 is 12.9 Å². The lowest BCUT2D eigenvalue weighted by Crippen LogP contribution is -2.49. The van der Waals surface area contributed by atoms with Crippen molar-refractivity contribution in [3.05, 3.63) is 18.1 Å². The zero-order chi connectivity index (χ0) is 11.7. The number of furan rings is 1. The number of hydrogen-bond acceptors (Lipinski definition) is 3. The van der Waals surface area contributed by atoms with Gasteiger partial charge in [-0.2, -0.15) is 0 Å². The van der Waals surface area contributed by atoms with Crippen molar-refractivity contribution in [2.75, 3.05) is 0 Å². The van der Waals surface area contributed by atoms with Crippen LogP contribution in [0.25, 0.3) is 0 Å². The molecule has 4 heteroatoms. The highest BCUT2D eigenvalue weighted by Crippen LogP contribution is 2.24. The average Bonchev–Trinajstić information content (AvgIpc) is 2.46. The van der Waals surface area contributed by atoms with Gasteiger partial charge in [-0.05, 0) is 46.1 Å². The van der Waals surface area contributed by atoms with Crippen LogP contribution in [0.3, 0.4) is 0 Å². The van der Waals surface area contributed by atoms with Gasteiger partial charge in [0.05, 0.1) is 23.2 Å². The quantitative estimate of drug-likeness (QED) is 0.762. The lowest BCUT2D eigenvalue weighted by Gasteiger charge is -2.37. The molecule has 3 nitrogen and oxygen atoms in total. The maximum Gasteiger partial charge on any atom is 0.334 e. The standard InChI is InChI=1S/C11H18BO3/c1-8-9(6-7-14-8)12-15-11(4,5)10(2,3)13/h6-7,13H,1-5H3. The molecule has 1 heterocycles. The molecule has 0 bridgehead atoms. The Labute approximate surface area is 91.7 Å². The first-order valence-corrected chi connectivity index (χ1v) is 5.01. The number of rotatable bonds is 4. The van der Waals surface area contributed by atoms with E-state index in [2.05, 4.69) is 0 Å². The molecule has 0 fully saturated rings. The lowest BCUT2D eigenvalue weighted by molar-refractivity contribution is -0.0893. The highest BCUT2D eigenvalue weighted by atomic mass is 16.5. The first-order chi connectivity index (χ1) is 6.74. The molecule has 0 saturated heterocycles. The molecule has 83 valence electrons. The molecule has 0 aromatic carbocycles. The smallest absolute Gasteiger partial charge is 0.334 e. The maximum absolute atomic E-state index is 9.87. The van der Waals surface area contributed by atoms with Crippen molar-refractivity contribution in [1.29, 1.82) is 0 Å². The van der Waals surface area contributed by atoms with E-state index in [9.17, 15) is 5.11 Å². The molecule has 0 aliphatic heterocycles. The number of aliphatic hydroxyl groups is 1. The Balaban J connectivity index is 2.61. The molecule has 0 aliphatic rings. The van der Waals surface area contributed by atoms with Gasteiger partial charge >= 0.3 is 7.48 Å². The third-order valence-corrected chi connectivity index (χ3v) is 2.85. The number of aryl methyl sites for hydroxylation is 1. The van der Waals surface area contributed by atoms with E-state index in [1.807, 2.05) is 26.8 Å². The summed E-state index contributed by atoms with van der Waals surface area (Å²) < 4.78 is 10.7. The van der Waals surface area contributed by atoms with E-state index >= 15 is 0 Å². The molecule has 1 radical (unpaired) electrons. The highest BCUT2D eigenvalue weighted by Gasteiger charge is 2.35. The molecule has 0 atom stereocenters. The molecule has 1 N–H and O–H groups in total. The van der Waals surface area contributed by atoms with Gasteiger partial charge in [0.2, 0.25) is 0 Å². The molecule has 0 saturated carbocycles. The van der Waals surface area contributed by atoms with E-state index in [4.69, 9.17) is 9.07 Å².